The number of hydrogen-bond donors (Lipinski definition) is 1. The second-order valence-electron chi connectivity index (χ2n) is 4.76. The fourth-order valence-electron chi connectivity index (χ4n) is 2.23. The highest BCUT2D eigenvalue weighted by Gasteiger charge is 2.31. The van der Waals surface area contributed by atoms with Crippen LogP contribution in [0.3, 0.4) is 0 Å². The van der Waals surface area contributed by atoms with E-state index in [1.54, 1.807) is 6.92 Å². The van der Waals surface area contributed by atoms with Crippen molar-refractivity contribution in [3.05, 3.63) is 58.9 Å². The van der Waals surface area contributed by atoms with E-state index in [1.807, 2.05) is 0 Å². The average molecular weight is 311 g/mol. The molecule has 22 heavy (non-hydrogen) atoms. The number of carbonyl (C=O) groups excluding carboxylic acids is 1. The molecule has 0 unspecified atom stereocenters. The largest absolute Gasteiger partial charge is 0.416 e. The highest BCUT2D eigenvalue weighted by atomic mass is 19.4. The molecule has 2 aromatic rings. The van der Waals surface area contributed by atoms with Crippen LogP contribution in [0.5, 0.6) is 0 Å². The first-order valence-electron chi connectivity index (χ1n) is 6.54. The predicted molar refractivity (Wildman–Crippen MR) is 74.7 cm³/mol. The number of carbonyl (C=O) groups is 1. The zero-order valence-electron chi connectivity index (χ0n) is 11.7. The van der Waals surface area contributed by atoms with Gasteiger partial charge in [0.25, 0.3) is 0 Å². The van der Waals surface area contributed by atoms with Gasteiger partial charge in [-0.2, -0.15) is 13.2 Å². The fraction of sp³-hybridized carbons (Fsp3) is 0.188. The maximum absolute atomic E-state index is 14.5. The number of primary amides is 1. The molecule has 2 rings (SSSR count). The second kappa shape index (κ2) is 5.79. The van der Waals surface area contributed by atoms with Crippen molar-refractivity contribution in [3.8, 4) is 11.1 Å². The normalized spacial score (nSPS) is 11.5. The average Bonchev–Trinajstić information content (AvgIpc) is 2.46. The van der Waals surface area contributed by atoms with Crippen LogP contribution in [-0.4, -0.2) is 5.91 Å². The number of aryl methyl sites for hydroxylation is 1. The third-order valence-electron chi connectivity index (χ3n) is 3.35. The SMILES string of the molecule is CCc1ccc(C(N)=O)c(-c2cccc(C(F)(F)F)c2)c1F. The Balaban J connectivity index is 2.73. The van der Waals surface area contributed by atoms with Gasteiger partial charge in [-0.3, -0.25) is 4.79 Å². The molecule has 1 amide bonds. The van der Waals surface area contributed by atoms with E-state index < -0.39 is 23.5 Å². The van der Waals surface area contributed by atoms with Crippen molar-refractivity contribution < 1.29 is 22.4 Å². The molecule has 0 heterocycles. The number of rotatable bonds is 3. The van der Waals surface area contributed by atoms with Gasteiger partial charge in [-0.25, -0.2) is 4.39 Å². The molecule has 2 N–H and O–H groups in total. The molecule has 0 aliphatic heterocycles. The summed E-state index contributed by atoms with van der Waals surface area (Å²) in [4.78, 5) is 11.5. The quantitative estimate of drug-likeness (QED) is 0.849. The van der Waals surface area contributed by atoms with E-state index in [1.165, 1.54) is 24.3 Å². The third-order valence-corrected chi connectivity index (χ3v) is 3.35. The van der Waals surface area contributed by atoms with Gasteiger partial charge in [-0.1, -0.05) is 25.1 Å². The summed E-state index contributed by atoms with van der Waals surface area (Å²) >= 11 is 0. The van der Waals surface area contributed by atoms with E-state index in [9.17, 15) is 22.4 Å². The van der Waals surface area contributed by atoms with Gasteiger partial charge in [-0.15, -0.1) is 0 Å². The summed E-state index contributed by atoms with van der Waals surface area (Å²) in [7, 11) is 0. The molecule has 0 aliphatic carbocycles. The monoisotopic (exact) mass is 311 g/mol. The van der Waals surface area contributed by atoms with Gasteiger partial charge in [0.1, 0.15) is 5.82 Å². The summed E-state index contributed by atoms with van der Waals surface area (Å²) in [6, 6.07) is 6.92. The lowest BCUT2D eigenvalue weighted by Crippen LogP contribution is -2.14. The van der Waals surface area contributed by atoms with Crippen LogP contribution >= 0.6 is 0 Å². The van der Waals surface area contributed by atoms with Crippen LogP contribution < -0.4 is 5.73 Å². The van der Waals surface area contributed by atoms with Gasteiger partial charge in [0.15, 0.2) is 0 Å². The molecule has 0 bridgehead atoms. The van der Waals surface area contributed by atoms with Gasteiger partial charge in [0.2, 0.25) is 5.91 Å². The minimum absolute atomic E-state index is 0.0311. The van der Waals surface area contributed by atoms with E-state index in [0.717, 1.165) is 12.1 Å². The van der Waals surface area contributed by atoms with Crippen molar-refractivity contribution in [2.24, 2.45) is 5.73 Å². The summed E-state index contributed by atoms with van der Waals surface area (Å²) in [5, 5.41) is 0. The molecule has 0 radical (unpaired) electrons. The van der Waals surface area contributed by atoms with Gasteiger partial charge in [0.05, 0.1) is 5.56 Å². The molecule has 2 aromatic carbocycles. The Morgan fingerprint density at radius 3 is 2.41 bits per heavy atom. The molecule has 0 aromatic heterocycles. The number of amides is 1. The number of halogens is 4. The molecule has 0 spiro atoms. The molecule has 0 fully saturated rings. The van der Waals surface area contributed by atoms with Gasteiger partial charge < -0.3 is 5.73 Å². The first-order chi connectivity index (χ1) is 10.3. The Morgan fingerprint density at radius 1 is 1.18 bits per heavy atom. The fourth-order valence-corrected chi connectivity index (χ4v) is 2.23. The molecule has 0 saturated carbocycles. The minimum Gasteiger partial charge on any atom is -0.366 e. The molecule has 0 saturated heterocycles. The molecule has 6 heteroatoms. The third kappa shape index (κ3) is 2.95. The smallest absolute Gasteiger partial charge is 0.366 e. The van der Waals surface area contributed by atoms with Crippen molar-refractivity contribution in [2.45, 2.75) is 19.5 Å². The standard InChI is InChI=1S/C16H13F4NO/c1-2-9-6-7-12(15(21)22)13(14(9)17)10-4-3-5-11(8-10)16(18,19)20/h3-8H,2H2,1H3,(H2,21,22). The van der Waals surface area contributed by atoms with Crippen molar-refractivity contribution in [2.75, 3.05) is 0 Å². The first-order valence-corrected chi connectivity index (χ1v) is 6.54. The molecular weight excluding hydrogens is 298 g/mol. The summed E-state index contributed by atoms with van der Waals surface area (Å²) in [5.41, 5.74) is 4.22. The predicted octanol–water partition coefficient (Wildman–Crippen LogP) is 4.17. The highest BCUT2D eigenvalue weighted by molar-refractivity contribution is 6.00. The Kier molecular flexibility index (Phi) is 4.21. The number of hydrogen-bond acceptors (Lipinski definition) is 1. The lowest BCUT2D eigenvalue weighted by atomic mass is 9.94. The Morgan fingerprint density at radius 2 is 1.86 bits per heavy atom. The van der Waals surface area contributed by atoms with Crippen LogP contribution in [-0.2, 0) is 12.6 Å². The summed E-state index contributed by atoms with van der Waals surface area (Å²) in [5.74, 6) is -1.62. The van der Waals surface area contributed by atoms with Crippen LogP contribution in [0, 0.1) is 5.82 Å². The summed E-state index contributed by atoms with van der Waals surface area (Å²) in [6.45, 7) is 1.71. The van der Waals surface area contributed by atoms with Crippen molar-refractivity contribution in [3.63, 3.8) is 0 Å². The number of benzene rings is 2. The lowest BCUT2D eigenvalue weighted by molar-refractivity contribution is -0.137. The zero-order chi connectivity index (χ0) is 16.5. The molecule has 0 aliphatic rings. The Labute approximate surface area is 124 Å². The molecule has 2 nitrogen and oxygen atoms in total. The molecule has 116 valence electrons. The Bertz CT molecular complexity index is 723. The number of alkyl halides is 3. The minimum atomic E-state index is -4.55. The van der Waals surface area contributed by atoms with E-state index in [2.05, 4.69) is 0 Å². The molecular formula is C16H13F4NO. The van der Waals surface area contributed by atoms with Crippen molar-refractivity contribution in [1.29, 1.82) is 0 Å². The summed E-state index contributed by atoms with van der Waals surface area (Å²) < 4.78 is 52.9. The van der Waals surface area contributed by atoms with Crippen LogP contribution in [0.4, 0.5) is 17.6 Å². The summed E-state index contributed by atoms with van der Waals surface area (Å²) in [6.07, 6.45) is -4.21. The lowest BCUT2D eigenvalue weighted by Gasteiger charge is -2.14. The zero-order valence-corrected chi connectivity index (χ0v) is 11.7. The van der Waals surface area contributed by atoms with Crippen LogP contribution in [0.15, 0.2) is 36.4 Å². The van der Waals surface area contributed by atoms with Gasteiger partial charge in [-0.05, 0) is 35.7 Å². The number of nitrogens with two attached hydrogens (primary N) is 1. The van der Waals surface area contributed by atoms with Crippen molar-refractivity contribution in [1.82, 2.24) is 0 Å². The molecule has 0 atom stereocenters. The topological polar surface area (TPSA) is 43.1 Å². The van der Waals surface area contributed by atoms with E-state index in [0.29, 0.717) is 12.0 Å². The van der Waals surface area contributed by atoms with Crippen LogP contribution in [0.25, 0.3) is 11.1 Å². The maximum atomic E-state index is 14.5. The van der Waals surface area contributed by atoms with Gasteiger partial charge >= 0.3 is 6.18 Å². The van der Waals surface area contributed by atoms with Crippen LogP contribution in [0.1, 0.15) is 28.4 Å². The van der Waals surface area contributed by atoms with Crippen molar-refractivity contribution >= 4 is 5.91 Å². The van der Waals surface area contributed by atoms with Gasteiger partial charge in [0, 0.05) is 11.1 Å². The first kappa shape index (κ1) is 16.0. The van der Waals surface area contributed by atoms with E-state index in [4.69, 9.17) is 5.73 Å². The van der Waals surface area contributed by atoms with Crippen LogP contribution in [0.2, 0.25) is 0 Å². The van der Waals surface area contributed by atoms with E-state index >= 15 is 0 Å². The Hall–Kier alpha value is -2.37. The second-order valence-corrected chi connectivity index (χ2v) is 4.76. The van der Waals surface area contributed by atoms with E-state index in [-0.39, 0.29) is 16.7 Å². The highest BCUT2D eigenvalue weighted by Crippen LogP contribution is 2.35. The maximum Gasteiger partial charge on any atom is 0.416 e.